The van der Waals surface area contributed by atoms with Crippen LogP contribution in [0.2, 0.25) is 0 Å². The molecule has 1 atom stereocenters. The van der Waals surface area contributed by atoms with Gasteiger partial charge in [-0.3, -0.25) is 0 Å². The minimum absolute atomic E-state index is 0.152. The van der Waals surface area contributed by atoms with Gasteiger partial charge in [-0.05, 0) is 24.3 Å². The Morgan fingerprint density at radius 2 is 1.36 bits per heavy atom. The van der Waals surface area contributed by atoms with Gasteiger partial charge in [-0.15, -0.1) is 0 Å². The average molecular weight is 300 g/mol. The Balaban J connectivity index is 2.19. The SMILES string of the molecule is O=C(O)[C@@H]1CCC[N+]1(c1ccc(O)cc1)c1ccc(O)cc1. The third kappa shape index (κ3) is 2.19. The number of aromatic hydroxyl groups is 2. The van der Waals surface area contributed by atoms with Crippen LogP contribution < -0.4 is 4.48 Å². The lowest BCUT2D eigenvalue weighted by atomic mass is 10.1. The van der Waals surface area contributed by atoms with Crippen LogP contribution in [0.3, 0.4) is 0 Å². The zero-order valence-electron chi connectivity index (χ0n) is 12.0. The van der Waals surface area contributed by atoms with Gasteiger partial charge in [0.2, 0.25) is 0 Å². The van der Waals surface area contributed by atoms with E-state index >= 15 is 0 Å². The smallest absolute Gasteiger partial charge is 0.363 e. The highest BCUT2D eigenvalue weighted by Gasteiger charge is 2.49. The maximum atomic E-state index is 11.8. The second kappa shape index (κ2) is 5.35. The number of carboxylic acid groups (broad SMARTS) is 1. The van der Waals surface area contributed by atoms with Crippen molar-refractivity contribution in [2.75, 3.05) is 6.54 Å². The first kappa shape index (κ1) is 14.4. The van der Waals surface area contributed by atoms with E-state index in [0.29, 0.717) is 13.0 Å². The van der Waals surface area contributed by atoms with Crippen molar-refractivity contribution < 1.29 is 20.1 Å². The molecule has 3 rings (SSSR count). The maximum Gasteiger partial charge on any atom is 0.363 e. The fourth-order valence-corrected chi connectivity index (χ4v) is 3.43. The fraction of sp³-hybridized carbons (Fsp3) is 0.235. The number of carboxylic acids is 1. The summed E-state index contributed by atoms with van der Waals surface area (Å²) in [6, 6.07) is 12.8. The van der Waals surface area contributed by atoms with Gasteiger partial charge < -0.3 is 15.3 Å². The van der Waals surface area contributed by atoms with Crippen LogP contribution in [0.25, 0.3) is 0 Å². The van der Waals surface area contributed by atoms with Crippen LogP contribution in [0.1, 0.15) is 12.8 Å². The third-order valence-electron chi connectivity index (χ3n) is 4.43. The molecule has 2 aromatic rings. The summed E-state index contributed by atoms with van der Waals surface area (Å²) < 4.78 is 0.204. The van der Waals surface area contributed by atoms with Crippen molar-refractivity contribution in [2.45, 2.75) is 18.9 Å². The lowest BCUT2D eigenvalue weighted by Crippen LogP contribution is -2.52. The molecule has 3 N–H and O–H groups in total. The minimum atomic E-state index is -0.835. The van der Waals surface area contributed by atoms with Gasteiger partial charge in [0.1, 0.15) is 22.9 Å². The minimum Gasteiger partial charge on any atom is -0.508 e. The van der Waals surface area contributed by atoms with Gasteiger partial charge in [0, 0.05) is 37.1 Å². The summed E-state index contributed by atoms with van der Waals surface area (Å²) in [5, 5.41) is 28.7. The van der Waals surface area contributed by atoms with E-state index in [-0.39, 0.29) is 16.0 Å². The molecular formula is C17H18NO4+. The van der Waals surface area contributed by atoms with Crippen LogP contribution in [0.5, 0.6) is 11.5 Å². The Hall–Kier alpha value is -2.53. The topological polar surface area (TPSA) is 77.8 Å². The molecule has 114 valence electrons. The van der Waals surface area contributed by atoms with Crippen LogP contribution >= 0.6 is 0 Å². The summed E-state index contributed by atoms with van der Waals surface area (Å²) >= 11 is 0. The molecular weight excluding hydrogens is 282 g/mol. The number of rotatable bonds is 3. The molecule has 1 fully saturated rings. The number of hydrogen-bond acceptors (Lipinski definition) is 3. The summed E-state index contributed by atoms with van der Waals surface area (Å²) in [6.07, 6.45) is 1.40. The monoisotopic (exact) mass is 300 g/mol. The Morgan fingerprint density at radius 3 is 1.77 bits per heavy atom. The maximum absolute atomic E-state index is 11.8. The molecule has 0 amide bonds. The predicted molar refractivity (Wildman–Crippen MR) is 83.2 cm³/mol. The molecule has 0 bridgehead atoms. The molecule has 1 heterocycles. The predicted octanol–water partition coefficient (Wildman–Crippen LogP) is 2.98. The van der Waals surface area contributed by atoms with Crippen LogP contribution in [-0.4, -0.2) is 33.9 Å². The Kier molecular flexibility index (Phi) is 3.50. The molecule has 1 aliphatic heterocycles. The Labute approximate surface area is 128 Å². The van der Waals surface area contributed by atoms with E-state index in [1.54, 1.807) is 48.5 Å². The lowest BCUT2D eigenvalue weighted by molar-refractivity contribution is -0.140. The molecule has 1 saturated heterocycles. The lowest BCUT2D eigenvalue weighted by Gasteiger charge is -2.37. The molecule has 0 unspecified atom stereocenters. The Bertz CT molecular complexity index is 633. The third-order valence-corrected chi connectivity index (χ3v) is 4.43. The molecule has 2 aromatic carbocycles. The number of carbonyl (C=O) groups is 1. The molecule has 1 aliphatic rings. The van der Waals surface area contributed by atoms with Crippen molar-refractivity contribution >= 4 is 17.3 Å². The summed E-state index contributed by atoms with van der Waals surface area (Å²) in [4.78, 5) is 11.8. The molecule has 0 radical (unpaired) electrons. The van der Waals surface area contributed by atoms with Gasteiger partial charge in [-0.2, -0.15) is 0 Å². The van der Waals surface area contributed by atoms with Crippen LogP contribution in [-0.2, 0) is 4.79 Å². The first-order chi connectivity index (χ1) is 10.5. The second-order valence-corrected chi connectivity index (χ2v) is 5.62. The first-order valence-corrected chi connectivity index (χ1v) is 7.24. The van der Waals surface area contributed by atoms with E-state index in [1.807, 2.05) is 0 Å². The van der Waals surface area contributed by atoms with Gasteiger partial charge in [-0.1, -0.05) is 0 Å². The van der Waals surface area contributed by atoms with Gasteiger partial charge in [0.25, 0.3) is 0 Å². The quantitative estimate of drug-likeness (QED) is 0.762. The van der Waals surface area contributed by atoms with E-state index in [0.717, 1.165) is 17.8 Å². The van der Waals surface area contributed by atoms with Crippen molar-refractivity contribution in [3.63, 3.8) is 0 Å². The van der Waals surface area contributed by atoms with Crippen molar-refractivity contribution in [2.24, 2.45) is 0 Å². The highest BCUT2D eigenvalue weighted by Crippen LogP contribution is 2.44. The number of phenolic OH excluding ortho intramolecular Hbond substituents is 2. The highest BCUT2D eigenvalue weighted by atomic mass is 16.4. The van der Waals surface area contributed by atoms with Gasteiger partial charge >= 0.3 is 5.97 Å². The number of quaternary nitrogens is 1. The second-order valence-electron chi connectivity index (χ2n) is 5.62. The van der Waals surface area contributed by atoms with Gasteiger partial charge in [0.15, 0.2) is 6.04 Å². The molecule has 5 nitrogen and oxygen atoms in total. The van der Waals surface area contributed by atoms with Crippen molar-refractivity contribution in [1.29, 1.82) is 0 Å². The molecule has 22 heavy (non-hydrogen) atoms. The molecule has 0 saturated carbocycles. The fourth-order valence-electron chi connectivity index (χ4n) is 3.43. The summed E-state index contributed by atoms with van der Waals surface area (Å²) in [7, 11) is 0. The van der Waals surface area contributed by atoms with Crippen LogP contribution in [0.15, 0.2) is 48.5 Å². The molecule has 5 heteroatoms. The Morgan fingerprint density at radius 1 is 0.909 bits per heavy atom. The molecule has 0 aromatic heterocycles. The van der Waals surface area contributed by atoms with Gasteiger partial charge in [0.05, 0.1) is 6.54 Å². The van der Waals surface area contributed by atoms with Crippen molar-refractivity contribution in [1.82, 2.24) is 4.48 Å². The zero-order chi connectivity index (χ0) is 15.7. The highest BCUT2D eigenvalue weighted by molar-refractivity contribution is 5.81. The summed E-state index contributed by atoms with van der Waals surface area (Å²) in [6.45, 7) is 0.673. The summed E-state index contributed by atoms with van der Waals surface area (Å²) in [5.41, 5.74) is 1.65. The van der Waals surface area contributed by atoms with E-state index in [1.165, 1.54) is 0 Å². The normalized spacial score (nSPS) is 19.9. The largest absolute Gasteiger partial charge is 0.508 e. The number of phenols is 2. The van der Waals surface area contributed by atoms with Crippen molar-refractivity contribution in [3.05, 3.63) is 48.5 Å². The molecule has 0 aliphatic carbocycles. The zero-order valence-corrected chi connectivity index (χ0v) is 12.0. The molecule has 0 spiro atoms. The van der Waals surface area contributed by atoms with Crippen molar-refractivity contribution in [3.8, 4) is 11.5 Å². The number of benzene rings is 2. The van der Waals surface area contributed by atoms with Crippen LogP contribution in [0.4, 0.5) is 11.4 Å². The number of hydrogen-bond donors (Lipinski definition) is 3. The van der Waals surface area contributed by atoms with Gasteiger partial charge in [-0.25, -0.2) is 9.28 Å². The van der Waals surface area contributed by atoms with E-state index in [9.17, 15) is 20.1 Å². The average Bonchev–Trinajstić information content (AvgIpc) is 2.94. The summed E-state index contributed by atoms with van der Waals surface area (Å²) in [5.74, 6) is -0.531. The van der Waals surface area contributed by atoms with E-state index in [4.69, 9.17) is 0 Å². The van der Waals surface area contributed by atoms with E-state index in [2.05, 4.69) is 0 Å². The standard InChI is InChI=1S/C17H17NO4/c19-14-7-3-12(4-8-14)18(11-1-2-16(18)17(21)22)13-5-9-15(20)10-6-13/h3-10,16H,1-2,11H2,(H2-,19,20,21,22)/p+1/t16-/m0/s1. The van der Waals surface area contributed by atoms with E-state index < -0.39 is 12.0 Å². The number of aliphatic carboxylic acids is 1. The van der Waals surface area contributed by atoms with Crippen LogP contribution in [0, 0.1) is 0 Å². The number of nitrogens with zero attached hydrogens (tertiary/aromatic N) is 1. The first-order valence-electron chi connectivity index (χ1n) is 7.24.